The van der Waals surface area contributed by atoms with Crippen molar-refractivity contribution in [2.75, 3.05) is 13.2 Å². The Morgan fingerprint density at radius 1 is 1.33 bits per heavy atom. The molecule has 0 aromatic heterocycles. The van der Waals surface area contributed by atoms with Crippen LogP contribution in [0.25, 0.3) is 6.08 Å². The van der Waals surface area contributed by atoms with Crippen LogP contribution in [-0.2, 0) is 9.53 Å². The van der Waals surface area contributed by atoms with Gasteiger partial charge in [0.1, 0.15) is 19.0 Å². The quantitative estimate of drug-likeness (QED) is 0.547. The summed E-state index contributed by atoms with van der Waals surface area (Å²) in [6.07, 6.45) is 1.77. The van der Waals surface area contributed by atoms with Gasteiger partial charge >= 0.3 is 5.97 Å². The van der Waals surface area contributed by atoms with E-state index in [0.29, 0.717) is 6.61 Å². The molecular formula is C12H14O3. The normalized spacial score (nSPS) is 9.40. The van der Waals surface area contributed by atoms with Gasteiger partial charge in [0.05, 0.1) is 0 Å². The van der Waals surface area contributed by atoms with Crippen LogP contribution >= 0.6 is 0 Å². The number of carbonyl (C=O) groups is 1. The molecule has 1 rings (SSSR count). The molecule has 0 atom stereocenters. The summed E-state index contributed by atoms with van der Waals surface area (Å²) in [5.41, 5.74) is 1.04. The fourth-order valence-electron chi connectivity index (χ4n) is 1.05. The second-order valence-corrected chi connectivity index (χ2v) is 2.96. The Bertz CT molecular complexity index is 327. The van der Waals surface area contributed by atoms with Crippen LogP contribution in [0.15, 0.2) is 30.8 Å². The Hall–Kier alpha value is -1.77. The largest absolute Gasteiger partial charge is 0.490 e. The first-order valence-electron chi connectivity index (χ1n) is 4.71. The SMILES string of the molecule is C=Cc1ccc(OCCOC(C)=O)cc1. The van der Waals surface area contributed by atoms with Crippen LogP contribution in [0.2, 0.25) is 0 Å². The van der Waals surface area contributed by atoms with E-state index in [1.807, 2.05) is 24.3 Å². The highest BCUT2D eigenvalue weighted by atomic mass is 16.6. The van der Waals surface area contributed by atoms with Crippen LogP contribution in [0.1, 0.15) is 12.5 Å². The van der Waals surface area contributed by atoms with E-state index in [1.165, 1.54) is 6.92 Å². The van der Waals surface area contributed by atoms with E-state index in [-0.39, 0.29) is 12.6 Å². The molecule has 0 spiro atoms. The molecule has 0 heterocycles. The summed E-state index contributed by atoms with van der Waals surface area (Å²) in [7, 11) is 0. The number of hydrogen-bond acceptors (Lipinski definition) is 3. The van der Waals surface area contributed by atoms with Crippen molar-refractivity contribution < 1.29 is 14.3 Å². The fourth-order valence-corrected chi connectivity index (χ4v) is 1.05. The van der Waals surface area contributed by atoms with Gasteiger partial charge in [0.25, 0.3) is 0 Å². The zero-order chi connectivity index (χ0) is 11.1. The molecule has 0 unspecified atom stereocenters. The van der Waals surface area contributed by atoms with E-state index in [0.717, 1.165) is 11.3 Å². The molecule has 0 bridgehead atoms. The molecule has 3 heteroatoms. The highest BCUT2D eigenvalue weighted by Gasteiger charge is 1.95. The predicted molar refractivity (Wildman–Crippen MR) is 58.7 cm³/mol. The van der Waals surface area contributed by atoms with Gasteiger partial charge in [0.15, 0.2) is 0 Å². The Kier molecular flexibility index (Phi) is 4.41. The minimum atomic E-state index is -0.291. The minimum absolute atomic E-state index is 0.276. The van der Waals surface area contributed by atoms with Crippen LogP contribution in [0.3, 0.4) is 0 Å². The number of carbonyl (C=O) groups excluding carboxylic acids is 1. The van der Waals surface area contributed by atoms with Gasteiger partial charge in [-0.2, -0.15) is 0 Å². The van der Waals surface area contributed by atoms with Crippen molar-refractivity contribution in [2.45, 2.75) is 6.92 Å². The van der Waals surface area contributed by atoms with Gasteiger partial charge in [-0.1, -0.05) is 24.8 Å². The predicted octanol–water partition coefficient (Wildman–Crippen LogP) is 2.27. The highest BCUT2D eigenvalue weighted by molar-refractivity contribution is 5.65. The lowest BCUT2D eigenvalue weighted by molar-refractivity contribution is -0.141. The smallest absolute Gasteiger partial charge is 0.302 e. The van der Waals surface area contributed by atoms with Crippen molar-refractivity contribution in [3.63, 3.8) is 0 Å². The van der Waals surface area contributed by atoms with Crippen LogP contribution in [0.4, 0.5) is 0 Å². The van der Waals surface area contributed by atoms with Crippen LogP contribution in [0, 0.1) is 0 Å². The lowest BCUT2D eigenvalue weighted by atomic mass is 10.2. The van der Waals surface area contributed by atoms with Gasteiger partial charge in [0.2, 0.25) is 0 Å². The third-order valence-electron chi connectivity index (χ3n) is 1.77. The number of hydrogen-bond donors (Lipinski definition) is 0. The summed E-state index contributed by atoms with van der Waals surface area (Å²) >= 11 is 0. The summed E-state index contributed by atoms with van der Waals surface area (Å²) in [6, 6.07) is 7.53. The molecule has 1 aromatic carbocycles. The molecular weight excluding hydrogens is 192 g/mol. The Balaban J connectivity index is 2.31. The van der Waals surface area contributed by atoms with Crippen molar-refractivity contribution in [2.24, 2.45) is 0 Å². The monoisotopic (exact) mass is 206 g/mol. The van der Waals surface area contributed by atoms with Gasteiger partial charge in [-0.3, -0.25) is 4.79 Å². The first-order chi connectivity index (χ1) is 7.22. The van der Waals surface area contributed by atoms with E-state index in [1.54, 1.807) is 6.08 Å². The lowest BCUT2D eigenvalue weighted by Crippen LogP contribution is -2.09. The Morgan fingerprint density at radius 2 is 2.00 bits per heavy atom. The van der Waals surface area contributed by atoms with E-state index >= 15 is 0 Å². The first kappa shape index (κ1) is 11.3. The maximum Gasteiger partial charge on any atom is 0.302 e. The van der Waals surface area contributed by atoms with E-state index < -0.39 is 0 Å². The third kappa shape index (κ3) is 4.31. The molecule has 0 aliphatic heterocycles. The molecule has 80 valence electrons. The molecule has 1 aromatic rings. The van der Waals surface area contributed by atoms with Crippen LogP contribution in [-0.4, -0.2) is 19.2 Å². The summed E-state index contributed by atoms with van der Waals surface area (Å²) in [5, 5.41) is 0. The minimum Gasteiger partial charge on any atom is -0.490 e. The number of esters is 1. The summed E-state index contributed by atoms with van der Waals surface area (Å²) in [5.74, 6) is 0.466. The van der Waals surface area contributed by atoms with E-state index in [9.17, 15) is 4.79 Å². The first-order valence-corrected chi connectivity index (χ1v) is 4.71. The van der Waals surface area contributed by atoms with Crippen molar-refractivity contribution >= 4 is 12.0 Å². The third-order valence-corrected chi connectivity index (χ3v) is 1.77. The molecule has 3 nitrogen and oxygen atoms in total. The summed E-state index contributed by atoms with van der Waals surface area (Å²) in [4.78, 5) is 10.4. The van der Waals surface area contributed by atoms with Crippen LogP contribution in [0.5, 0.6) is 5.75 Å². The molecule has 0 radical (unpaired) electrons. The standard InChI is InChI=1S/C12H14O3/c1-3-11-4-6-12(7-5-11)15-9-8-14-10(2)13/h3-7H,1,8-9H2,2H3. The number of benzene rings is 1. The average molecular weight is 206 g/mol. The van der Waals surface area contributed by atoms with Gasteiger partial charge < -0.3 is 9.47 Å². The number of rotatable bonds is 5. The van der Waals surface area contributed by atoms with E-state index in [4.69, 9.17) is 9.47 Å². The molecule has 0 aliphatic rings. The van der Waals surface area contributed by atoms with Crippen molar-refractivity contribution in [3.05, 3.63) is 36.4 Å². The Labute approximate surface area is 89.3 Å². The highest BCUT2D eigenvalue weighted by Crippen LogP contribution is 2.12. The van der Waals surface area contributed by atoms with Crippen molar-refractivity contribution in [1.29, 1.82) is 0 Å². The van der Waals surface area contributed by atoms with Gasteiger partial charge in [-0.25, -0.2) is 0 Å². The molecule has 0 fully saturated rings. The number of ether oxygens (including phenoxy) is 2. The van der Waals surface area contributed by atoms with Crippen molar-refractivity contribution in [1.82, 2.24) is 0 Å². The van der Waals surface area contributed by atoms with Crippen LogP contribution < -0.4 is 4.74 Å². The maximum atomic E-state index is 10.4. The van der Waals surface area contributed by atoms with E-state index in [2.05, 4.69) is 6.58 Å². The maximum absolute atomic E-state index is 10.4. The van der Waals surface area contributed by atoms with Crippen molar-refractivity contribution in [3.8, 4) is 5.75 Å². The van der Waals surface area contributed by atoms with Gasteiger partial charge in [-0.05, 0) is 17.7 Å². The molecule has 0 N–H and O–H groups in total. The molecule has 0 saturated heterocycles. The fraction of sp³-hybridized carbons (Fsp3) is 0.250. The molecule has 0 saturated carbocycles. The van der Waals surface area contributed by atoms with Gasteiger partial charge in [-0.15, -0.1) is 0 Å². The zero-order valence-electron chi connectivity index (χ0n) is 8.73. The Morgan fingerprint density at radius 3 is 2.53 bits per heavy atom. The lowest BCUT2D eigenvalue weighted by Gasteiger charge is -2.06. The average Bonchev–Trinajstić information content (AvgIpc) is 2.25. The van der Waals surface area contributed by atoms with Gasteiger partial charge in [0, 0.05) is 6.92 Å². The zero-order valence-corrected chi connectivity index (χ0v) is 8.73. The second-order valence-electron chi connectivity index (χ2n) is 2.96. The molecule has 15 heavy (non-hydrogen) atoms. The molecule has 0 aliphatic carbocycles. The molecule has 0 amide bonds. The second kappa shape index (κ2) is 5.86. The summed E-state index contributed by atoms with van der Waals surface area (Å²) < 4.78 is 10.1. The topological polar surface area (TPSA) is 35.5 Å². The summed E-state index contributed by atoms with van der Waals surface area (Å²) in [6.45, 7) is 5.68.